The fraction of sp³-hybridized carbons (Fsp3) is 0.0625. The van der Waals surface area contributed by atoms with E-state index in [1.807, 2.05) is 0 Å². The predicted octanol–water partition coefficient (Wildman–Crippen LogP) is 2.13. The number of aromatic hydroxyl groups is 4. The normalized spacial score (nSPS) is 11.4. The van der Waals surface area contributed by atoms with E-state index in [2.05, 4.69) is 30.7 Å². The Morgan fingerprint density at radius 1 is 0.600 bits per heavy atom. The molecule has 6 rings (SSSR count). The van der Waals surface area contributed by atoms with Gasteiger partial charge < -0.3 is 20.4 Å². The van der Waals surface area contributed by atoms with Gasteiger partial charge in [0.25, 0.3) is 11.4 Å². The minimum atomic E-state index is -3.99. The molecule has 0 spiro atoms. The van der Waals surface area contributed by atoms with Gasteiger partial charge in [0.1, 0.15) is 22.9 Å². The third-order valence-corrected chi connectivity index (χ3v) is 9.47. The van der Waals surface area contributed by atoms with Crippen molar-refractivity contribution in [1.82, 2.24) is 19.6 Å². The number of hydrogen-bond donors (Lipinski definition) is 6. The smallest absolute Gasteiger partial charge is 0.506 e. The van der Waals surface area contributed by atoms with E-state index in [-0.39, 0.29) is 114 Å². The number of phenols is 2. The van der Waals surface area contributed by atoms with Crippen LogP contribution >= 0.6 is 0 Å². The van der Waals surface area contributed by atoms with E-state index < -0.39 is 53.2 Å². The first-order valence-corrected chi connectivity index (χ1v) is 18.9. The molecule has 0 bridgehead atoms. The van der Waals surface area contributed by atoms with Gasteiger partial charge in [-0.25, -0.2) is 27.1 Å². The molecule has 0 aliphatic rings. The van der Waals surface area contributed by atoms with E-state index in [0.29, 0.717) is 0 Å². The number of phenolic OH excluding ortho intramolecular Hbond substituents is 2. The van der Waals surface area contributed by atoms with Crippen LogP contribution in [-0.4, -0.2) is 66.7 Å². The molecule has 6 aromatic rings. The van der Waals surface area contributed by atoms with Crippen LogP contribution in [0.2, 0.25) is 0 Å². The van der Waals surface area contributed by atoms with Gasteiger partial charge in [-0.2, -0.15) is 19.6 Å². The van der Waals surface area contributed by atoms with Crippen LogP contribution in [0, 0.1) is 34.1 Å². The zero-order valence-electron chi connectivity index (χ0n) is 31.0. The molecule has 2 heterocycles. The van der Waals surface area contributed by atoms with Crippen molar-refractivity contribution in [2.45, 2.75) is 23.6 Å². The molecule has 0 atom stereocenters. The number of rotatable bonds is 10. The molecule has 0 aliphatic carbocycles. The topological polar surface area (TPSA) is 373 Å². The van der Waals surface area contributed by atoms with Crippen LogP contribution in [0.5, 0.6) is 23.3 Å². The summed E-state index contributed by atoms with van der Waals surface area (Å²) in [4.78, 5) is 20.1. The van der Waals surface area contributed by atoms with Crippen LogP contribution in [0.4, 0.5) is 34.1 Å². The Kier molecular flexibility index (Phi) is 15.5. The van der Waals surface area contributed by atoms with Gasteiger partial charge in [-0.05, 0) is 50.2 Å². The maximum Gasteiger partial charge on any atom is 1.00 e. The van der Waals surface area contributed by atoms with Crippen molar-refractivity contribution < 1.29 is 94.0 Å². The van der Waals surface area contributed by atoms with Crippen molar-refractivity contribution in [2.24, 2.45) is 30.7 Å². The summed E-state index contributed by atoms with van der Waals surface area (Å²) in [5.41, 5.74) is 0.424. The molecule has 0 aliphatic heterocycles. The Hall–Kier alpha value is -6.15. The van der Waals surface area contributed by atoms with E-state index >= 15 is 0 Å². The predicted molar refractivity (Wildman–Crippen MR) is 201 cm³/mol. The Balaban J connectivity index is 0.000000310. The SMILES string of the molecule is Cc1nn(-c2cccc([N+](=O)[O-])c2)c(O)c1N=Nc1ccc(S(N)(=O)=O)cc1O.Cc1nn(-c2cccc([N+](=O)[O-])c2)c(O)c1N=Nc1ccc(S(N)(=O)=O)cc1O.[Cr].[Na+]. The molecule has 0 saturated heterocycles. The van der Waals surface area contributed by atoms with E-state index in [4.69, 9.17) is 10.3 Å². The first-order chi connectivity index (χ1) is 27.1. The second-order valence-electron chi connectivity index (χ2n) is 11.7. The summed E-state index contributed by atoms with van der Waals surface area (Å²) >= 11 is 0. The van der Waals surface area contributed by atoms with Crippen LogP contribution in [0.3, 0.4) is 0 Å². The average Bonchev–Trinajstić information content (AvgIpc) is 3.61. The van der Waals surface area contributed by atoms with Gasteiger partial charge >= 0.3 is 29.6 Å². The Labute approximate surface area is 371 Å². The molecule has 8 N–H and O–H groups in total. The molecule has 0 saturated carbocycles. The van der Waals surface area contributed by atoms with Crippen molar-refractivity contribution in [2.75, 3.05) is 0 Å². The molecule has 0 unspecified atom stereocenters. The zero-order chi connectivity index (χ0) is 42.7. The number of azo groups is 2. The molecule has 0 amide bonds. The third-order valence-electron chi connectivity index (χ3n) is 7.65. The molecule has 28 heteroatoms. The fourth-order valence-electron chi connectivity index (χ4n) is 4.82. The summed E-state index contributed by atoms with van der Waals surface area (Å²) in [5.74, 6) is -1.81. The van der Waals surface area contributed by atoms with Gasteiger partial charge in [-0.1, -0.05) is 12.1 Å². The number of sulfonamides is 2. The number of aromatic nitrogens is 4. The van der Waals surface area contributed by atoms with Crippen LogP contribution in [-0.2, 0) is 37.4 Å². The van der Waals surface area contributed by atoms with E-state index in [9.17, 15) is 57.5 Å². The molecule has 4 aromatic carbocycles. The number of hydrogen-bond acceptors (Lipinski definition) is 18. The van der Waals surface area contributed by atoms with Crippen LogP contribution in [0.25, 0.3) is 11.4 Å². The summed E-state index contributed by atoms with van der Waals surface area (Å²) < 4.78 is 47.3. The van der Waals surface area contributed by atoms with E-state index in [1.54, 1.807) is 0 Å². The summed E-state index contributed by atoms with van der Waals surface area (Å²) in [6, 6.07) is 17.5. The van der Waals surface area contributed by atoms with E-state index in [1.165, 1.54) is 74.5 Å². The summed E-state index contributed by atoms with van der Waals surface area (Å²) in [6.07, 6.45) is 0. The molecule has 0 fully saturated rings. The van der Waals surface area contributed by atoms with Crippen LogP contribution < -0.4 is 39.8 Å². The fourth-order valence-corrected chi connectivity index (χ4v) is 5.89. The zero-order valence-corrected chi connectivity index (χ0v) is 35.9. The van der Waals surface area contributed by atoms with Crippen molar-refractivity contribution in [3.05, 3.63) is 117 Å². The maximum absolute atomic E-state index is 11.3. The standard InChI is InChI=1S/2C16H14N6O6S.Cr.Na/c2*1-9-15(19-18-13-6-5-12(8-14(13)23)29(17,27)28)16(24)21(20-9)10-3-2-4-11(7-10)22(25)26;;/h2*2-8,23-24H,1H3,(H2,17,27,28);;/q;;;+1. The quantitative estimate of drug-likeness (QED) is 0.0496. The number of non-ortho nitro benzene ring substituents is 2. The average molecular weight is 912 g/mol. The number of nitro groups is 2. The van der Waals surface area contributed by atoms with Gasteiger partial charge in [0.05, 0.1) is 42.4 Å². The second kappa shape index (κ2) is 19.3. The molecule has 24 nitrogen and oxygen atoms in total. The number of nitro benzene ring substituents is 2. The summed E-state index contributed by atoms with van der Waals surface area (Å²) in [5, 5.41) is 96.0. The maximum atomic E-state index is 11.3. The third kappa shape index (κ3) is 11.1. The summed E-state index contributed by atoms with van der Waals surface area (Å²) in [6.45, 7) is 3.07. The Bertz CT molecular complexity index is 2710. The first kappa shape index (κ1) is 48.2. The Morgan fingerprint density at radius 2 is 0.950 bits per heavy atom. The van der Waals surface area contributed by atoms with Gasteiger partial charge in [-0.3, -0.25) is 20.2 Å². The largest absolute Gasteiger partial charge is 1.00 e. The molecular formula is C32H28CrN12NaO12S2+. The summed E-state index contributed by atoms with van der Waals surface area (Å²) in [7, 11) is -7.99. The van der Waals surface area contributed by atoms with Gasteiger partial charge in [-0.15, -0.1) is 20.5 Å². The number of primary sulfonamides is 2. The molecule has 306 valence electrons. The molecule has 2 aromatic heterocycles. The van der Waals surface area contributed by atoms with Gasteiger partial charge in [0, 0.05) is 53.8 Å². The van der Waals surface area contributed by atoms with E-state index in [0.717, 1.165) is 33.6 Å². The first-order valence-electron chi connectivity index (χ1n) is 15.8. The molecule has 60 heavy (non-hydrogen) atoms. The van der Waals surface area contributed by atoms with Crippen molar-refractivity contribution in [3.63, 3.8) is 0 Å². The van der Waals surface area contributed by atoms with Gasteiger partial charge in [0.15, 0.2) is 11.4 Å². The molecule has 0 radical (unpaired) electrons. The number of nitrogens with zero attached hydrogens (tertiary/aromatic N) is 10. The van der Waals surface area contributed by atoms with Gasteiger partial charge in [0.2, 0.25) is 31.8 Å². The van der Waals surface area contributed by atoms with Crippen molar-refractivity contribution >= 4 is 54.2 Å². The van der Waals surface area contributed by atoms with Crippen LogP contribution in [0.1, 0.15) is 11.4 Å². The molecular weight excluding hydrogens is 884 g/mol. The number of benzene rings is 4. The minimum Gasteiger partial charge on any atom is -0.506 e. The number of aryl methyl sites for hydroxylation is 2. The van der Waals surface area contributed by atoms with Crippen molar-refractivity contribution in [1.29, 1.82) is 0 Å². The van der Waals surface area contributed by atoms with Crippen LogP contribution in [0.15, 0.2) is 115 Å². The Morgan fingerprint density at radius 3 is 1.25 bits per heavy atom. The minimum absolute atomic E-state index is 0. The van der Waals surface area contributed by atoms with Crippen molar-refractivity contribution in [3.8, 4) is 34.6 Å². The number of nitrogens with two attached hydrogens (primary N) is 2. The monoisotopic (exact) mass is 911 g/mol. The second-order valence-corrected chi connectivity index (χ2v) is 14.8.